The highest BCUT2D eigenvalue weighted by atomic mass is 35.5. The maximum Gasteiger partial charge on any atom is 0.253 e. The quantitative estimate of drug-likeness (QED) is 0.843. The molecule has 0 saturated carbocycles. The fourth-order valence-corrected chi connectivity index (χ4v) is 5.04. The van der Waals surface area contributed by atoms with E-state index in [1.54, 1.807) is 0 Å². The first-order chi connectivity index (χ1) is 11.9. The summed E-state index contributed by atoms with van der Waals surface area (Å²) in [7, 11) is -3.59. The summed E-state index contributed by atoms with van der Waals surface area (Å²) < 4.78 is 32.4. The molecule has 2 fully saturated rings. The van der Waals surface area contributed by atoms with Crippen molar-refractivity contribution in [3.8, 4) is 0 Å². The third-order valence-corrected chi connectivity index (χ3v) is 6.99. The highest BCUT2D eigenvalue weighted by molar-refractivity contribution is 7.89. The number of sulfonamides is 1. The van der Waals surface area contributed by atoms with Crippen LogP contribution >= 0.6 is 11.6 Å². The average Bonchev–Trinajstić information content (AvgIpc) is 3.28. The molecule has 8 heteroatoms. The normalized spacial score (nSPS) is 22.9. The van der Waals surface area contributed by atoms with Crippen LogP contribution in [-0.2, 0) is 14.8 Å². The number of ether oxygens (including phenoxy) is 1. The van der Waals surface area contributed by atoms with Crippen LogP contribution in [0.5, 0.6) is 0 Å². The Morgan fingerprint density at radius 3 is 2.68 bits per heavy atom. The van der Waals surface area contributed by atoms with Gasteiger partial charge in [0.2, 0.25) is 10.0 Å². The molecule has 2 unspecified atom stereocenters. The first-order valence-corrected chi connectivity index (χ1v) is 10.4. The Balaban J connectivity index is 1.80. The van der Waals surface area contributed by atoms with Gasteiger partial charge < -0.3 is 10.1 Å². The Morgan fingerprint density at radius 2 is 2.04 bits per heavy atom. The van der Waals surface area contributed by atoms with Crippen LogP contribution in [0.3, 0.4) is 0 Å². The first kappa shape index (κ1) is 18.6. The van der Waals surface area contributed by atoms with Crippen LogP contribution in [0.15, 0.2) is 23.1 Å². The van der Waals surface area contributed by atoms with E-state index in [1.807, 2.05) is 6.92 Å². The van der Waals surface area contributed by atoms with Crippen molar-refractivity contribution in [3.05, 3.63) is 28.8 Å². The van der Waals surface area contributed by atoms with E-state index in [9.17, 15) is 13.2 Å². The van der Waals surface area contributed by atoms with Crippen molar-refractivity contribution < 1.29 is 17.9 Å². The molecule has 2 saturated heterocycles. The Hall–Kier alpha value is -1.15. The number of benzene rings is 1. The zero-order chi connectivity index (χ0) is 18.0. The second-order valence-corrected chi connectivity index (χ2v) is 8.91. The summed E-state index contributed by atoms with van der Waals surface area (Å²) in [5.41, 5.74) is 0.173. The van der Waals surface area contributed by atoms with Gasteiger partial charge in [-0.1, -0.05) is 11.6 Å². The zero-order valence-electron chi connectivity index (χ0n) is 14.2. The van der Waals surface area contributed by atoms with Gasteiger partial charge in [0.25, 0.3) is 5.91 Å². The van der Waals surface area contributed by atoms with E-state index >= 15 is 0 Å². The molecule has 1 N–H and O–H groups in total. The number of hydrogen-bond acceptors (Lipinski definition) is 4. The molecule has 0 spiro atoms. The number of hydrogen-bond donors (Lipinski definition) is 1. The first-order valence-electron chi connectivity index (χ1n) is 8.62. The summed E-state index contributed by atoms with van der Waals surface area (Å²) in [6.45, 7) is 3.62. The van der Waals surface area contributed by atoms with Crippen LogP contribution in [0, 0.1) is 0 Å². The molecular formula is C17H23ClN2O4S. The number of carbonyl (C=O) groups excluding carboxylic acids is 1. The predicted molar refractivity (Wildman–Crippen MR) is 95.3 cm³/mol. The highest BCUT2D eigenvalue weighted by Gasteiger charge is 2.29. The second kappa shape index (κ2) is 7.61. The second-order valence-electron chi connectivity index (χ2n) is 6.57. The van der Waals surface area contributed by atoms with Gasteiger partial charge in [0, 0.05) is 19.7 Å². The lowest BCUT2D eigenvalue weighted by molar-refractivity contribution is 0.0712. The lowest BCUT2D eigenvalue weighted by atomic mass is 10.1. The molecule has 0 aromatic heterocycles. The third-order valence-electron chi connectivity index (χ3n) is 4.77. The Labute approximate surface area is 153 Å². The minimum Gasteiger partial charge on any atom is -0.376 e. The van der Waals surface area contributed by atoms with E-state index in [1.165, 1.54) is 22.5 Å². The summed E-state index contributed by atoms with van der Waals surface area (Å²) >= 11 is 6.14. The highest BCUT2D eigenvalue weighted by Crippen LogP contribution is 2.25. The standard InChI is InChI=1S/C17H23ClN2O4S/c1-12(16-5-4-10-24-16)19-17(21)14-11-13(6-7-15(14)18)25(22,23)20-8-2-3-9-20/h6-7,11-12,16H,2-5,8-10H2,1H3,(H,19,21). The average molecular weight is 387 g/mol. The number of halogens is 1. The van der Waals surface area contributed by atoms with Crippen molar-refractivity contribution in [2.24, 2.45) is 0 Å². The van der Waals surface area contributed by atoms with Gasteiger partial charge in [0.1, 0.15) is 0 Å². The Kier molecular flexibility index (Phi) is 5.68. The number of rotatable bonds is 5. The van der Waals surface area contributed by atoms with Gasteiger partial charge in [-0.05, 0) is 50.8 Å². The Bertz CT molecular complexity index is 741. The molecule has 0 aliphatic carbocycles. The summed E-state index contributed by atoms with van der Waals surface area (Å²) in [6.07, 6.45) is 3.59. The molecule has 138 valence electrons. The topological polar surface area (TPSA) is 75.7 Å². The molecule has 6 nitrogen and oxygen atoms in total. The fourth-order valence-electron chi connectivity index (χ4n) is 3.29. The number of nitrogens with zero attached hydrogens (tertiary/aromatic N) is 1. The minimum absolute atomic E-state index is 0.0146. The zero-order valence-corrected chi connectivity index (χ0v) is 15.8. The van der Waals surface area contributed by atoms with Crippen LogP contribution in [0.25, 0.3) is 0 Å². The van der Waals surface area contributed by atoms with E-state index in [0.29, 0.717) is 19.7 Å². The molecule has 0 radical (unpaired) electrons. The number of carbonyl (C=O) groups is 1. The maximum absolute atomic E-state index is 12.7. The third kappa shape index (κ3) is 4.00. The smallest absolute Gasteiger partial charge is 0.253 e. The maximum atomic E-state index is 12.7. The molecule has 1 amide bonds. The van der Waals surface area contributed by atoms with Gasteiger partial charge in [0.15, 0.2) is 0 Å². The summed E-state index contributed by atoms with van der Waals surface area (Å²) in [5.74, 6) is -0.383. The van der Waals surface area contributed by atoms with E-state index in [-0.39, 0.29) is 33.5 Å². The molecule has 2 atom stereocenters. The van der Waals surface area contributed by atoms with Gasteiger partial charge in [-0.3, -0.25) is 4.79 Å². The molecule has 25 heavy (non-hydrogen) atoms. The lowest BCUT2D eigenvalue weighted by Crippen LogP contribution is -2.41. The van der Waals surface area contributed by atoms with Crippen LogP contribution < -0.4 is 5.32 Å². The molecule has 3 rings (SSSR count). The molecule has 1 aromatic rings. The van der Waals surface area contributed by atoms with Crippen molar-refractivity contribution in [2.75, 3.05) is 19.7 Å². The number of nitrogens with one attached hydrogen (secondary N) is 1. The summed E-state index contributed by atoms with van der Waals surface area (Å²) in [6, 6.07) is 4.13. The van der Waals surface area contributed by atoms with Gasteiger partial charge >= 0.3 is 0 Å². The molecule has 1 aromatic carbocycles. The lowest BCUT2D eigenvalue weighted by Gasteiger charge is -2.21. The van der Waals surface area contributed by atoms with Crippen LogP contribution in [0.4, 0.5) is 0 Å². The molecule has 2 aliphatic heterocycles. The van der Waals surface area contributed by atoms with Crippen LogP contribution in [0.2, 0.25) is 5.02 Å². The largest absolute Gasteiger partial charge is 0.376 e. The predicted octanol–water partition coefficient (Wildman–Crippen LogP) is 2.42. The van der Waals surface area contributed by atoms with Crippen LogP contribution in [0.1, 0.15) is 43.0 Å². The van der Waals surface area contributed by atoms with E-state index < -0.39 is 10.0 Å². The van der Waals surface area contributed by atoms with Crippen molar-refractivity contribution in [1.29, 1.82) is 0 Å². The van der Waals surface area contributed by atoms with Gasteiger partial charge in [-0.15, -0.1) is 0 Å². The van der Waals surface area contributed by atoms with Crippen molar-refractivity contribution in [3.63, 3.8) is 0 Å². The van der Waals surface area contributed by atoms with E-state index in [4.69, 9.17) is 16.3 Å². The van der Waals surface area contributed by atoms with Gasteiger partial charge in [-0.25, -0.2) is 8.42 Å². The minimum atomic E-state index is -3.59. The summed E-state index contributed by atoms with van der Waals surface area (Å²) in [4.78, 5) is 12.7. The van der Waals surface area contributed by atoms with Crippen molar-refractivity contribution in [2.45, 2.75) is 49.6 Å². The molecule has 0 bridgehead atoms. The van der Waals surface area contributed by atoms with Gasteiger partial charge in [0.05, 0.1) is 27.6 Å². The summed E-state index contributed by atoms with van der Waals surface area (Å²) in [5, 5.41) is 3.10. The molecule has 2 aliphatic rings. The fraction of sp³-hybridized carbons (Fsp3) is 0.588. The van der Waals surface area contributed by atoms with Crippen LogP contribution in [-0.4, -0.2) is 50.5 Å². The SMILES string of the molecule is CC(NC(=O)c1cc(S(=O)(=O)N2CCCC2)ccc1Cl)C1CCCO1. The van der Waals surface area contributed by atoms with Crippen molar-refractivity contribution in [1.82, 2.24) is 9.62 Å². The van der Waals surface area contributed by atoms with E-state index in [2.05, 4.69) is 5.32 Å². The number of amides is 1. The van der Waals surface area contributed by atoms with Gasteiger partial charge in [-0.2, -0.15) is 4.31 Å². The van der Waals surface area contributed by atoms with Crippen molar-refractivity contribution >= 4 is 27.5 Å². The monoisotopic (exact) mass is 386 g/mol. The molecular weight excluding hydrogens is 364 g/mol. The Morgan fingerprint density at radius 1 is 1.32 bits per heavy atom. The van der Waals surface area contributed by atoms with E-state index in [0.717, 1.165) is 25.7 Å². The molecule has 2 heterocycles.